The highest BCUT2D eigenvalue weighted by Gasteiger charge is 2.21. The number of nitrogens with zero attached hydrogens (tertiary/aromatic N) is 3. The van der Waals surface area contributed by atoms with Crippen molar-refractivity contribution < 1.29 is 14.7 Å². The molecule has 0 unspecified atom stereocenters. The molecule has 1 heterocycles. The smallest absolute Gasteiger partial charge is 0.274 e. The first-order chi connectivity index (χ1) is 14.0. The molecule has 0 fully saturated rings. The number of ether oxygens (including phenoxy) is 1. The zero-order valence-corrected chi connectivity index (χ0v) is 17.6. The molecule has 0 saturated carbocycles. The highest BCUT2D eigenvalue weighted by molar-refractivity contribution is 5.95. The molecule has 2 aromatic rings. The van der Waals surface area contributed by atoms with Crippen molar-refractivity contribution in [3.05, 3.63) is 59.8 Å². The third-order valence-electron chi connectivity index (χ3n) is 4.54. The van der Waals surface area contributed by atoms with E-state index in [-0.39, 0.29) is 0 Å². The van der Waals surface area contributed by atoms with Crippen LogP contribution in [0.5, 0.6) is 0 Å². The van der Waals surface area contributed by atoms with Crippen LogP contribution in [0, 0.1) is 0 Å². The first-order valence-electron chi connectivity index (χ1n) is 9.68. The van der Waals surface area contributed by atoms with Crippen LogP contribution in [-0.4, -0.2) is 40.9 Å². The van der Waals surface area contributed by atoms with Gasteiger partial charge in [0.15, 0.2) is 0 Å². The fourth-order valence-electron chi connectivity index (χ4n) is 3.15. The second-order valence-electron chi connectivity index (χ2n) is 6.69. The summed E-state index contributed by atoms with van der Waals surface area (Å²) in [6.45, 7) is 11.7. The number of benzene rings is 1. The summed E-state index contributed by atoms with van der Waals surface area (Å²) >= 11 is 0. The van der Waals surface area contributed by atoms with E-state index in [1.54, 1.807) is 31.7 Å². The number of carbonyl (C=O) groups is 1. The minimum atomic E-state index is -0.574. The SMILES string of the molecule is C=C(C)/C(=C\C(=C/C)C(=O)NO)N(CCC)c1nc2ccccc2n1CCOC. The van der Waals surface area contributed by atoms with E-state index in [1.165, 1.54) is 0 Å². The molecule has 156 valence electrons. The normalized spacial score (nSPS) is 12.3. The predicted molar refractivity (Wildman–Crippen MR) is 116 cm³/mol. The molecule has 1 aromatic carbocycles. The summed E-state index contributed by atoms with van der Waals surface area (Å²) in [5, 5.41) is 9.05. The third kappa shape index (κ3) is 5.13. The Morgan fingerprint density at radius 3 is 2.72 bits per heavy atom. The van der Waals surface area contributed by atoms with Gasteiger partial charge in [0, 0.05) is 31.5 Å². The lowest BCUT2D eigenvalue weighted by Gasteiger charge is -2.27. The lowest BCUT2D eigenvalue weighted by atomic mass is 10.1. The Morgan fingerprint density at radius 1 is 1.41 bits per heavy atom. The van der Waals surface area contributed by atoms with Crippen molar-refractivity contribution in [1.29, 1.82) is 0 Å². The molecule has 1 amide bonds. The zero-order chi connectivity index (χ0) is 21.4. The van der Waals surface area contributed by atoms with Gasteiger partial charge in [-0.1, -0.05) is 31.7 Å². The molecule has 2 rings (SSSR count). The first kappa shape index (κ1) is 22.4. The number of amides is 1. The Bertz CT molecular complexity index is 927. The number of hydrogen-bond acceptors (Lipinski definition) is 5. The number of methoxy groups -OCH3 is 1. The Balaban J connectivity index is 2.67. The van der Waals surface area contributed by atoms with E-state index in [0.717, 1.165) is 34.7 Å². The largest absolute Gasteiger partial charge is 0.383 e. The van der Waals surface area contributed by atoms with Crippen molar-refractivity contribution in [2.75, 3.05) is 25.2 Å². The van der Waals surface area contributed by atoms with Gasteiger partial charge in [0.25, 0.3) is 5.91 Å². The number of anilines is 1. The van der Waals surface area contributed by atoms with Crippen molar-refractivity contribution >= 4 is 22.9 Å². The van der Waals surface area contributed by atoms with E-state index >= 15 is 0 Å². The number of aromatic nitrogens is 2. The molecular weight excluding hydrogens is 368 g/mol. The number of allylic oxidation sites excluding steroid dienone is 2. The summed E-state index contributed by atoms with van der Waals surface area (Å²) in [5.41, 5.74) is 5.48. The average Bonchev–Trinajstić information content (AvgIpc) is 3.09. The molecular formula is C22H30N4O3. The molecule has 0 aliphatic heterocycles. The van der Waals surface area contributed by atoms with Crippen LogP contribution in [0.4, 0.5) is 5.95 Å². The number of rotatable bonds is 10. The van der Waals surface area contributed by atoms with Gasteiger partial charge in [-0.15, -0.1) is 0 Å². The lowest BCUT2D eigenvalue weighted by Crippen LogP contribution is -2.29. The second kappa shape index (κ2) is 10.6. The van der Waals surface area contributed by atoms with Gasteiger partial charge in [-0.2, -0.15) is 0 Å². The summed E-state index contributed by atoms with van der Waals surface area (Å²) in [4.78, 5) is 18.9. The van der Waals surface area contributed by atoms with Crippen LogP contribution in [0.25, 0.3) is 11.0 Å². The molecule has 7 nitrogen and oxygen atoms in total. The highest BCUT2D eigenvalue weighted by Crippen LogP contribution is 2.28. The Labute approximate surface area is 171 Å². The molecule has 7 heteroatoms. The number of para-hydroxylation sites is 2. The van der Waals surface area contributed by atoms with Crippen LogP contribution in [0.2, 0.25) is 0 Å². The van der Waals surface area contributed by atoms with Gasteiger partial charge in [-0.25, -0.2) is 10.5 Å². The number of carbonyl (C=O) groups excluding carboxylic acids is 1. The monoisotopic (exact) mass is 398 g/mol. The van der Waals surface area contributed by atoms with Gasteiger partial charge in [0.1, 0.15) is 0 Å². The van der Waals surface area contributed by atoms with Crippen molar-refractivity contribution in [3.63, 3.8) is 0 Å². The topological polar surface area (TPSA) is 79.6 Å². The molecule has 1 aromatic heterocycles. The molecule has 29 heavy (non-hydrogen) atoms. The maximum absolute atomic E-state index is 12.0. The van der Waals surface area contributed by atoms with Gasteiger partial charge in [-0.05, 0) is 44.1 Å². The number of imidazole rings is 1. The Morgan fingerprint density at radius 2 is 2.14 bits per heavy atom. The van der Waals surface area contributed by atoms with Crippen molar-refractivity contribution in [2.24, 2.45) is 0 Å². The van der Waals surface area contributed by atoms with E-state index < -0.39 is 5.91 Å². The minimum absolute atomic E-state index is 0.339. The van der Waals surface area contributed by atoms with Crippen molar-refractivity contribution in [3.8, 4) is 0 Å². The van der Waals surface area contributed by atoms with E-state index in [2.05, 4.69) is 23.0 Å². The number of nitrogens with one attached hydrogen (secondary N) is 1. The van der Waals surface area contributed by atoms with Crippen molar-refractivity contribution in [2.45, 2.75) is 33.7 Å². The molecule has 0 saturated heterocycles. The van der Waals surface area contributed by atoms with Crippen LogP contribution in [-0.2, 0) is 16.1 Å². The summed E-state index contributed by atoms with van der Waals surface area (Å²) in [7, 11) is 1.67. The van der Waals surface area contributed by atoms with Crippen LogP contribution in [0.3, 0.4) is 0 Å². The Kier molecular flexibility index (Phi) is 8.18. The van der Waals surface area contributed by atoms with E-state index in [1.807, 2.05) is 31.2 Å². The molecule has 0 spiro atoms. The first-order valence-corrected chi connectivity index (χ1v) is 9.68. The highest BCUT2D eigenvalue weighted by atomic mass is 16.5. The Hall–Kier alpha value is -2.90. The fourth-order valence-corrected chi connectivity index (χ4v) is 3.15. The number of hydrogen-bond donors (Lipinski definition) is 2. The lowest BCUT2D eigenvalue weighted by molar-refractivity contribution is -0.124. The molecule has 2 N–H and O–H groups in total. The van der Waals surface area contributed by atoms with Gasteiger partial charge in [0.2, 0.25) is 5.95 Å². The van der Waals surface area contributed by atoms with E-state index in [0.29, 0.717) is 25.3 Å². The van der Waals surface area contributed by atoms with Gasteiger partial charge in [-0.3, -0.25) is 10.0 Å². The number of fused-ring (bicyclic) bond motifs is 1. The van der Waals surface area contributed by atoms with Gasteiger partial charge >= 0.3 is 0 Å². The summed E-state index contributed by atoms with van der Waals surface area (Å²) in [5.74, 6) is 0.190. The van der Waals surface area contributed by atoms with Crippen molar-refractivity contribution in [1.82, 2.24) is 15.0 Å². The predicted octanol–water partition coefficient (Wildman–Crippen LogP) is 3.81. The zero-order valence-electron chi connectivity index (χ0n) is 17.6. The third-order valence-corrected chi connectivity index (χ3v) is 4.54. The molecule has 0 atom stereocenters. The molecule has 0 bridgehead atoms. The van der Waals surface area contributed by atoms with E-state index in [9.17, 15) is 4.79 Å². The average molecular weight is 399 g/mol. The summed E-state index contributed by atoms with van der Waals surface area (Å²) in [6, 6.07) is 7.96. The minimum Gasteiger partial charge on any atom is -0.383 e. The van der Waals surface area contributed by atoms with Crippen LogP contribution >= 0.6 is 0 Å². The molecule has 0 radical (unpaired) electrons. The second-order valence-corrected chi connectivity index (χ2v) is 6.69. The van der Waals surface area contributed by atoms with E-state index in [4.69, 9.17) is 14.9 Å². The van der Waals surface area contributed by atoms with Gasteiger partial charge < -0.3 is 14.2 Å². The standard InChI is InChI=1S/C22H30N4O3/c1-6-12-25(20(16(3)4)15-17(7-2)21(27)24-28)22-23-18-10-8-9-11-19(18)26(22)13-14-29-5/h7-11,15,28H,3,6,12-14H2,1-2,4-5H3,(H,24,27)/b17-7+,20-15+. The van der Waals surface area contributed by atoms with Crippen LogP contribution in [0.1, 0.15) is 27.2 Å². The molecule has 0 aliphatic carbocycles. The molecule has 0 aliphatic rings. The van der Waals surface area contributed by atoms with Crippen LogP contribution < -0.4 is 10.4 Å². The maximum atomic E-state index is 12.0. The summed E-state index contributed by atoms with van der Waals surface area (Å²) in [6.07, 6.45) is 4.24. The van der Waals surface area contributed by atoms with Crippen LogP contribution in [0.15, 0.2) is 59.8 Å². The number of hydroxylamine groups is 1. The quantitative estimate of drug-likeness (QED) is 0.275. The fraction of sp³-hybridized carbons (Fsp3) is 0.364. The maximum Gasteiger partial charge on any atom is 0.274 e. The van der Waals surface area contributed by atoms with Gasteiger partial charge in [0.05, 0.1) is 17.6 Å². The summed E-state index contributed by atoms with van der Waals surface area (Å²) < 4.78 is 7.42.